The Morgan fingerprint density at radius 2 is 1.86 bits per heavy atom. The van der Waals surface area contributed by atoms with Crippen LogP contribution in [0.5, 0.6) is 0 Å². The molecule has 0 bridgehead atoms. The minimum Gasteiger partial charge on any atom is -0.329 e. The van der Waals surface area contributed by atoms with Crippen LogP contribution in [0.4, 0.5) is 0 Å². The van der Waals surface area contributed by atoms with Gasteiger partial charge in [-0.1, -0.05) is 5.57 Å². The van der Waals surface area contributed by atoms with Crippen molar-refractivity contribution in [1.29, 1.82) is 0 Å². The van der Waals surface area contributed by atoms with E-state index in [4.69, 9.17) is 4.52 Å². The first kappa shape index (κ1) is 11.7. The number of ketones is 1. The molecule has 0 amide bonds. The third kappa shape index (κ3) is 2.34. The third-order valence-corrected chi connectivity index (χ3v) is 4.77. The van der Waals surface area contributed by atoms with Gasteiger partial charge in [0.15, 0.2) is 5.78 Å². The van der Waals surface area contributed by atoms with Gasteiger partial charge in [0.05, 0.1) is 5.31 Å². The number of carbonyl (C=O) groups is 1. The monoisotopic (exact) mass is 216 g/mol. The Labute approximate surface area is 85.0 Å². The highest BCUT2D eigenvalue weighted by Crippen LogP contribution is 2.54. The van der Waals surface area contributed by atoms with Gasteiger partial charge in [-0.3, -0.25) is 9.36 Å². The molecule has 0 spiro atoms. The second-order valence-electron chi connectivity index (χ2n) is 3.74. The lowest BCUT2D eigenvalue weighted by Crippen LogP contribution is -2.02. The Morgan fingerprint density at radius 3 is 2.21 bits per heavy atom. The molecule has 0 N–H and O–H groups in total. The van der Waals surface area contributed by atoms with Crippen molar-refractivity contribution in [2.24, 2.45) is 0 Å². The average Bonchev–Trinajstić information content (AvgIpc) is 2.56. The van der Waals surface area contributed by atoms with Crippen LogP contribution in [0.15, 0.2) is 10.9 Å². The van der Waals surface area contributed by atoms with Crippen LogP contribution in [0, 0.1) is 0 Å². The summed E-state index contributed by atoms with van der Waals surface area (Å²) in [5.74, 6) is -0.102. The molecule has 1 unspecified atom stereocenters. The smallest absolute Gasteiger partial charge is 0.232 e. The molecule has 0 aliphatic heterocycles. The molecule has 1 fully saturated rings. The highest BCUT2D eigenvalue weighted by Gasteiger charge is 2.29. The maximum atomic E-state index is 12.0. The maximum absolute atomic E-state index is 12.0. The van der Waals surface area contributed by atoms with E-state index < -0.39 is 7.37 Å². The molecule has 1 rings (SSSR count). The molecule has 0 heterocycles. The molecule has 14 heavy (non-hydrogen) atoms. The Morgan fingerprint density at radius 1 is 1.36 bits per heavy atom. The second-order valence-corrected chi connectivity index (χ2v) is 6.25. The average molecular weight is 216 g/mol. The van der Waals surface area contributed by atoms with Gasteiger partial charge in [-0.05, 0) is 32.6 Å². The first-order valence-corrected chi connectivity index (χ1v) is 6.93. The number of rotatable bonds is 3. The Bertz CT molecular complexity index is 309. The number of Topliss-reactive ketones (excluding diaryl/α,β-unsaturated/α-hetero) is 1. The van der Waals surface area contributed by atoms with Crippen molar-refractivity contribution in [2.45, 2.75) is 32.6 Å². The standard InChI is InChI=1S/C10H17O3P/c1-8(11)10(14(3,12)13-2)9-6-4-5-7-9/h4-7H2,1-3H3. The molecule has 80 valence electrons. The van der Waals surface area contributed by atoms with Crippen LogP contribution in [0.3, 0.4) is 0 Å². The quantitative estimate of drug-likeness (QED) is 0.538. The number of carbonyl (C=O) groups excluding carboxylic acids is 1. The predicted octanol–water partition coefficient (Wildman–Crippen LogP) is 2.96. The van der Waals surface area contributed by atoms with E-state index in [1.54, 1.807) is 0 Å². The Balaban J connectivity index is 3.13. The van der Waals surface area contributed by atoms with Crippen LogP contribution < -0.4 is 0 Å². The van der Waals surface area contributed by atoms with Gasteiger partial charge in [0.25, 0.3) is 0 Å². The van der Waals surface area contributed by atoms with Crippen molar-refractivity contribution in [1.82, 2.24) is 0 Å². The summed E-state index contributed by atoms with van der Waals surface area (Å²) in [5, 5.41) is 0.456. The molecular weight excluding hydrogens is 199 g/mol. The summed E-state index contributed by atoms with van der Waals surface area (Å²) < 4.78 is 17.0. The second kappa shape index (κ2) is 4.41. The zero-order valence-electron chi connectivity index (χ0n) is 9.00. The van der Waals surface area contributed by atoms with Gasteiger partial charge in [-0.2, -0.15) is 0 Å². The molecule has 4 heteroatoms. The van der Waals surface area contributed by atoms with E-state index >= 15 is 0 Å². The van der Waals surface area contributed by atoms with Gasteiger partial charge in [-0.25, -0.2) is 0 Å². The highest BCUT2D eigenvalue weighted by atomic mass is 31.2. The normalized spacial score (nSPS) is 20.6. The van der Waals surface area contributed by atoms with E-state index in [-0.39, 0.29) is 5.78 Å². The minimum absolute atomic E-state index is 0.102. The van der Waals surface area contributed by atoms with Crippen LogP contribution in [-0.2, 0) is 13.9 Å². The van der Waals surface area contributed by atoms with E-state index in [2.05, 4.69) is 0 Å². The summed E-state index contributed by atoms with van der Waals surface area (Å²) in [7, 11) is -1.46. The topological polar surface area (TPSA) is 43.4 Å². The summed E-state index contributed by atoms with van der Waals surface area (Å²) in [5.41, 5.74) is 1.05. The van der Waals surface area contributed by atoms with Crippen molar-refractivity contribution in [2.75, 3.05) is 13.8 Å². The van der Waals surface area contributed by atoms with E-state index in [0.29, 0.717) is 5.31 Å². The zero-order valence-corrected chi connectivity index (χ0v) is 9.89. The highest BCUT2D eigenvalue weighted by molar-refractivity contribution is 7.64. The summed E-state index contributed by atoms with van der Waals surface area (Å²) in [6.07, 6.45) is 3.98. The Kier molecular flexibility index (Phi) is 3.68. The molecule has 1 saturated carbocycles. The first-order valence-electron chi connectivity index (χ1n) is 4.86. The summed E-state index contributed by atoms with van der Waals surface area (Å²) in [6, 6.07) is 0. The van der Waals surface area contributed by atoms with Crippen LogP contribution >= 0.6 is 7.37 Å². The summed E-state index contributed by atoms with van der Waals surface area (Å²) >= 11 is 0. The minimum atomic E-state index is -2.86. The van der Waals surface area contributed by atoms with Crippen molar-refractivity contribution < 1.29 is 13.9 Å². The molecule has 0 aromatic heterocycles. The van der Waals surface area contributed by atoms with Crippen LogP contribution in [-0.4, -0.2) is 19.6 Å². The fourth-order valence-electron chi connectivity index (χ4n) is 1.95. The predicted molar refractivity (Wildman–Crippen MR) is 56.7 cm³/mol. The molecule has 0 saturated heterocycles. The number of hydrogen-bond acceptors (Lipinski definition) is 3. The van der Waals surface area contributed by atoms with Crippen molar-refractivity contribution >= 4 is 13.2 Å². The molecule has 1 aliphatic rings. The van der Waals surface area contributed by atoms with Crippen LogP contribution in [0.2, 0.25) is 0 Å². The SMILES string of the molecule is COP(C)(=O)C(C(C)=O)=C1CCCC1. The fourth-order valence-corrected chi connectivity index (χ4v) is 3.50. The molecule has 0 aromatic rings. The lowest BCUT2D eigenvalue weighted by atomic mass is 10.2. The number of hydrogen-bond donors (Lipinski definition) is 0. The van der Waals surface area contributed by atoms with E-state index in [0.717, 1.165) is 31.3 Å². The van der Waals surface area contributed by atoms with Gasteiger partial charge in [-0.15, -0.1) is 0 Å². The summed E-state index contributed by atoms with van der Waals surface area (Å²) in [6.45, 7) is 2.99. The zero-order chi connectivity index (χ0) is 10.8. The van der Waals surface area contributed by atoms with Gasteiger partial charge < -0.3 is 4.52 Å². The van der Waals surface area contributed by atoms with Crippen LogP contribution in [0.1, 0.15) is 32.6 Å². The molecule has 1 aliphatic carbocycles. The van der Waals surface area contributed by atoms with Gasteiger partial charge in [0.2, 0.25) is 7.37 Å². The van der Waals surface area contributed by atoms with Gasteiger partial charge in [0.1, 0.15) is 0 Å². The molecular formula is C10H17O3P. The molecule has 1 atom stereocenters. The first-order chi connectivity index (χ1) is 6.49. The lowest BCUT2D eigenvalue weighted by Gasteiger charge is -2.15. The molecule has 3 nitrogen and oxygen atoms in total. The number of allylic oxidation sites excluding steroid dienone is 2. The molecule has 0 radical (unpaired) electrons. The van der Waals surface area contributed by atoms with E-state index in [1.807, 2.05) is 0 Å². The lowest BCUT2D eigenvalue weighted by molar-refractivity contribution is -0.113. The van der Waals surface area contributed by atoms with Crippen molar-refractivity contribution in [3.63, 3.8) is 0 Å². The van der Waals surface area contributed by atoms with Gasteiger partial charge >= 0.3 is 0 Å². The molecule has 0 aromatic carbocycles. The fraction of sp³-hybridized carbons (Fsp3) is 0.700. The van der Waals surface area contributed by atoms with E-state index in [9.17, 15) is 9.36 Å². The Hall–Kier alpha value is -0.400. The van der Waals surface area contributed by atoms with Gasteiger partial charge in [0, 0.05) is 13.8 Å². The summed E-state index contributed by atoms with van der Waals surface area (Å²) in [4.78, 5) is 11.4. The largest absolute Gasteiger partial charge is 0.329 e. The van der Waals surface area contributed by atoms with Crippen molar-refractivity contribution in [3.8, 4) is 0 Å². The maximum Gasteiger partial charge on any atom is 0.232 e. The third-order valence-electron chi connectivity index (χ3n) is 2.63. The van der Waals surface area contributed by atoms with E-state index in [1.165, 1.54) is 20.7 Å². The van der Waals surface area contributed by atoms with Crippen molar-refractivity contribution in [3.05, 3.63) is 10.9 Å². The van der Waals surface area contributed by atoms with Crippen LogP contribution in [0.25, 0.3) is 0 Å².